The highest BCUT2D eigenvalue weighted by Crippen LogP contribution is 2.61. The maximum absolute atomic E-state index is 12.2. The Bertz CT molecular complexity index is 412. The molecule has 0 aromatic carbocycles. The standard InChI is InChI=1S/C16H23Cl2NO/c1-9(19-14(20)13-8-16(13,17)18)15-5-10-2-11(6-15)4-12(3-10)7-15/h9-13H,2-8H2,1H3,(H,19,20)/t9-,10?,11?,12?,13+,15?/m1/s1. The summed E-state index contributed by atoms with van der Waals surface area (Å²) in [6.07, 6.45) is 8.88. The van der Waals surface area contributed by atoms with Crippen molar-refractivity contribution in [2.45, 2.75) is 62.2 Å². The molecule has 0 unspecified atom stereocenters. The number of alkyl halides is 2. The van der Waals surface area contributed by atoms with E-state index in [0.717, 1.165) is 17.8 Å². The summed E-state index contributed by atoms with van der Waals surface area (Å²) in [6.45, 7) is 2.21. The Morgan fingerprint density at radius 3 is 1.90 bits per heavy atom. The second-order valence-electron chi connectivity index (χ2n) is 8.03. The summed E-state index contributed by atoms with van der Waals surface area (Å²) in [5.41, 5.74) is 0.362. The van der Waals surface area contributed by atoms with Crippen LogP contribution in [-0.2, 0) is 4.79 Å². The molecule has 1 N–H and O–H groups in total. The van der Waals surface area contributed by atoms with Crippen molar-refractivity contribution in [3.8, 4) is 0 Å². The van der Waals surface area contributed by atoms with Crippen LogP contribution in [0.5, 0.6) is 0 Å². The van der Waals surface area contributed by atoms with Gasteiger partial charge in [-0.05, 0) is 75.0 Å². The lowest BCUT2D eigenvalue weighted by atomic mass is 9.48. The van der Waals surface area contributed by atoms with Crippen LogP contribution in [-0.4, -0.2) is 16.3 Å². The number of nitrogens with one attached hydrogen (secondary N) is 1. The van der Waals surface area contributed by atoms with Gasteiger partial charge in [0.1, 0.15) is 4.33 Å². The number of rotatable bonds is 3. The highest BCUT2D eigenvalue weighted by Gasteiger charge is 2.58. The van der Waals surface area contributed by atoms with E-state index in [9.17, 15) is 4.79 Å². The predicted octanol–water partition coefficient (Wildman–Crippen LogP) is 3.90. The Hall–Kier alpha value is 0.0500. The highest BCUT2D eigenvalue weighted by molar-refractivity contribution is 6.52. The highest BCUT2D eigenvalue weighted by atomic mass is 35.5. The van der Waals surface area contributed by atoms with Gasteiger partial charge in [0.2, 0.25) is 5.91 Å². The SMILES string of the molecule is C[C@@H](NC(=O)[C@@H]1CC1(Cl)Cl)C12CC3CC(CC(C3)C1)C2. The van der Waals surface area contributed by atoms with Crippen LogP contribution >= 0.6 is 23.2 Å². The number of amides is 1. The van der Waals surface area contributed by atoms with Crippen molar-refractivity contribution in [2.24, 2.45) is 29.1 Å². The van der Waals surface area contributed by atoms with E-state index in [2.05, 4.69) is 12.2 Å². The summed E-state index contributed by atoms with van der Waals surface area (Å²) in [5, 5.41) is 3.25. The molecule has 0 aromatic heterocycles. The molecule has 1 amide bonds. The third-order valence-corrected chi connectivity index (χ3v) is 7.34. The Morgan fingerprint density at radius 1 is 1.05 bits per heavy atom. The smallest absolute Gasteiger partial charge is 0.226 e. The quantitative estimate of drug-likeness (QED) is 0.786. The molecule has 112 valence electrons. The molecule has 0 spiro atoms. The fourth-order valence-electron chi connectivity index (χ4n) is 5.67. The lowest BCUT2D eigenvalue weighted by Gasteiger charge is -2.59. The lowest BCUT2D eigenvalue weighted by molar-refractivity contribution is -0.127. The van der Waals surface area contributed by atoms with Crippen LogP contribution < -0.4 is 5.32 Å². The van der Waals surface area contributed by atoms with Gasteiger partial charge in [0.05, 0.1) is 5.92 Å². The molecule has 0 saturated heterocycles. The Morgan fingerprint density at radius 2 is 1.50 bits per heavy atom. The van der Waals surface area contributed by atoms with Gasteiger partial charge in [0.25, 0.3) is 0 Å². The molecule has 0 aromatic rings. The van der Waals surface area contributed by atoms with E-state index in [-0.39, 0.29) is 17.9 Å². The van der Waals surface area contributed by atoms with Crippen molar-refractivity contribution in [2.75, 3.05) is 0 Å². The molecule has 0 aliphatic heterocycles. The molecular formula is C16H23Cl2NO. The molecule has 5 saturated carbocycles. The van der Waals surface area contributed by atoms with E-state index in [1.54, 1.807) is 0 Å². The first kappa shape index (κ1) is 13.7. The van der Waals surface area contributed by atoms with Crippen LogP contribution in [0.15, 0.2) is 0 Å². The molecule has 20 heavy (non-hydrogen) atoms. The van der Waals surface area contributed by atoms with Gasteiger partial charge in [-0.15, -0.1) is 23.2 Å². The summed E-state index contributed by atoms with van der Waals surface area (Å²) < 4.78 is -0.800. The zero-order valence-corrected chi connectivity index (χ0v) is 13.5. The second kappa shape index (κ2) is 4.29. The molecule has 2 nitrogen and oxygen atoms in total. The van der Waals surface area contributed by atoms with Gasteiger partial charge in [-0.3, -0.25) is 4.79 Å². The number of halogens is 2. The first-order chi connectivity index (χ1) is 9.38. The van der Waals surface area contributed by atoms with Crippen molar-refractivity contribution in [3.05, 3.63) is 0 Å². The van der Waals surface area contributed by atoms with Crippen molar-refractivity contribution in [1.29, 1.82) is 0 Å². The van der Waals surface area contributed by atoms with Gasteiger partial charge in [-0.1, -0.05) is 0 Å². The topological polar surface area (TPSA) is 29.1 Å². The molecule has 5 aliphatic carbocycles. The van der Waals surface area contributed by atoms with Crippen molar-refractivity contribution >= 4 is 29.1 Å². The second-order valence-corrected chi connectivity index (χ2v) is 9.57. The number of hydrogen-bond acceptors (Lipinski definition) is 1. The first-order valence-corrected chi connectivity index (χ1v) is 8.82. The minimum absolute atomic E-state index is 0.0678. The van der Waals surface area contributed by atoms with Crippen LogP contribution in [0.4, 0.5) is 0 Å². The number of carbonyl (C=O) groups excluding carboxylic acids is 1. The summed E-state index contributed by atoms with van der Waals surface area (Å²) in [5.74, 6) is 2.63. The zero-order chi connectivity index (χ0) is 14.1. The van der Waals surface area contributed by atoms with Crippen LogP contribution in [0.25, 0.3) is 0 Å². The normalized spacial score (nSPS) is 49.0. The van der Waals surface area contributed by atoms with E-state index < -0.39 is 4.33 Å². The Kier molecular flexibility index (Phi) is 2.94. The number of carbonyl (C=O) groups is 1. The monoisotopic (exact) mass is 315 g/mol. The molecule has 0 radical (unpaired) electrons. The average molecular weight is 316 g/mol. The first-order valence-electron chi connectivity index (χ1n) is 8.06. The Balaban J connectivity index is 1.46. The lowest BCUT2D eigenvalue weighted by Crippen LogP contribution is -2.56. The van der Waals surface area contributed by atoms with E-state index in [0.29, 0.717) is 11.8 Å². The van der Waals surface area contributed by atoms with E-state index in [1.165, 1.54) is 38.5 Å². The fraction of sp³-hybridized carbons (Fsp3) is 0.938. The van der Waals surface area contributed by atoms with Gasteiger partial charge in [0.15, 0.2) is 0 Å². The fourth-order valence-corrected chi connectivity index (χ4v) is 6.18. The van der Waals surface area contributed by atoms with E-state index >= 15 is 0 Å². The van der Waals surface area contributed by atoms with Gasteiger partial charge < -0.3 is 5.32 Å². The molecular weight excluding hydrogens is 293 g/mol. The average Bonchev–Trinajstić information content (AvgIpc) is 2.96. The zero-order valence-electron chi connectivity index (χ0n) is 12.0. The Labute approximate surface area is 131 Å². The number of hydrogen-bond donors (Lipinski definition) is 1. The molecule has 5 fully saturated rings. The molecule has 0 heterocycles. The van der Waals surface area contributed by atoms with E-state index in [1.807, 2.05) is 0 Å². The summed E-state index contributed by atoms with van der Waals surface area (Å²) in [6, 6.07) is 0.271. The van der Waals surface area contributed by atoms with Crippen LogP contribution in [0.1, 0.15) is 51.9 Å². The largest absolute Gasteiger partial charge is 0.353 e. The van der Waals surface area contributed by atoms with E-state index in [4.69, 9.17) is 23.2 Å². The van der Waals surface area contributed by atoms with Crippen LogP contribution in [0.3, 0.4) is 0 Å². The third-order valence-electron chi connectivity index (χ3n) is 6.51. The summed E-state index contributed by atoms with van der Waals surface area (Å²) >= 11 is 12.0. The van der Waals surface area contributed by atoms with Crippen molar-refractivity contribution in [3.63, 3.8) is 0 Å². The van der Waals surface area contributed by atoms with Crippen molar-refractivity contribution < 1.29 is 4.79 Å². The molecule has 5 rings (SSSR count). The predicted molar refractivity (Wildman–Crippen MR) is 80.8 cm³/mol. The van der Waals surface area contributed by atoms with Gasteiger partial charge in [0, 0.05) is 6.04 Å². The minimum atomic E-state index is -0.800. The molecule has 2 atom stereocenters. The molecule has 5 aliphatic rings. The van der Waals surface area contributed by atoms with Gasteiger partial charge >= 0.3 is 0 Å². The third kappa shape index (κ3) is 2.09. The maximum atomic E-state index is 12.2. The molecule has 4 heteroatoms. The van der Waals surface area contributed by atoms with Gasteiger partial charge in [-0.2, -0.15) is 0 Å². The van der Waals surface area contributed by atoms with Crippen LogP contribution in [0, 0.1) is 29.1 Å². The maximum Gasteiger partial charge on any atom is 0.226 e. The summed E-state index contributed by atoms with van der Waals surface area (Å²) in [4.78, 5) is 12.2. The van der Waals surface area contributed by atoms with Gasteiger partial charge in [-0.25, -0.2) is 0 Å². The van der Waals surface area contributed by atoms with Crippen molar-refractivity contribution in [1.82, 2.24) is 5.32 Å². The summed E-state index contributed by atoms with van der Waals surface area (Å²) in [7, 11) is 0. The van der Waals surface area contributed by atoms with Crippen LogP contribution in [0.2, 0.25) is 0 Å². The molecule has 4 bridgehead atoms. The minimum Gasteiger partial charge on any atom is -0.353 e.